The first-order chi connectivity index (χ1) is 15.1. The number of aliphatic hydroxyl groups is 4. The monoisotopic (exact) mass is 463 g/mol. The van der Waals surface area contributed by atoms with Gasteiger partial charge in [-0.05, 0) is 12.8 Å². The van der Waals surface area contributed by atoms with Crippen molar-refractivity contribution in [1.29, 1.82) is 0 Å². The Morgan fingerprint density at radius 2 is 1.34 bits per heavy atom. The highest BCUT2D eigenvalue weighted by Crippen LogP contribution is 2.18. The summed E-state index contributed by atoms with van der Waals surface area (Å²) < 4.78 is 0. The first kappa shape index (κ1) is 27.2. The van der Waals surface area contributed by atoms with Crippen molar-refractivity contribution in [1.82, 2.24) is 20.9 Å². The molecule has 182 valence electrons. The van der Waals surface area contributed by atoms with Crippen molar-refractivity contribution in [3.63, 3.8) is 0 Å². The van der Waals surface area contributed by atoms with Gasteiger partial charge in [-0.25, -0.2) is 4.79 Å². The van der Waals surface area contributed by atoms with Gasteiger partial charge < -0.3 is 52.1 Å². The summed E-state index contributed by atoms with van der Waals surface area (Å²) in [7, 11) is 0. The maximum absolute atomic E-state index is 12.6. The summed E-state index contributed by atoms with van der Waals surface area (Å²) in [6.45, 7) is -3.16. The second kappa shape index (κ2) is 12.9. The Bertz CT molecular complexity index is 705. The molecule has 0 aromatic rings. The number of carboxylic acids is 1. The molecule has 10 N–H and O–H groups in total. The van der Waals surface area contributed by atoms with Crippen LogP contribution in [0, 0.1) is 0 Å². The molecule has 1 rings (SSSR count). The predicted molar refractivity (Wildman–Crippen MR) is 104 cm³/mol. The standard InChI is InChI=1S/C17H29N5O10/c18-8(4-23)16(30)22-3-1-2-12(22)15(29)20-10(6-25)13(27)19-9(5-24)14(28)21-11(7-26)17(31)32/h8-12,23-26H,1-7,18H2,(H,19,27)(H,20,29)(H,21,28)(H,31,32)/t8-,9-,10-,11-,12-/m0/s1. The number of rotatable bonds is 12. The first-order valence-corrected chi connectivity index (χ1v) is 9.74. The fraction of sp³-hybridized carbons (Fsp3) is 0.706. The van der Waals surface area contributed by atoms with Gasteiger partial charge >= 0.3 is 5.97 Å². The van der Waals surface area contributed by atoms with Crippen molar-refractivity contribution >= 4 is 29.6 Å². The number of hydrogen-bond acceptors (Lipinski definition) is 10. The third-order valence-corrected chi connectivity index (χ3v) is 4.78. The predicted octanol–water partition coefficient (Wildman–Crippen LogP) is -6.19. The molecule has 1 aliphatic rings. The van der Waals surface area contributed by atoms with Gasteiger partial charge in [0.1, 0.15) is 30.2 Å². The molecule has 1 saturated heterocycles. The number of carbonyl (C=O) groups excluding carboxylic acids is 4. The van der Waals surface area contributed by atoms with Crippen LogP contribution in [0.25, 0.3) is 0 Å². The summed E-state index contributed by atoms with van der Waals surface area (Å²) in [5, 5.41) is 51.9. The number of nitrogens with two attached hydrogens (primary N) is 1. The van der Waals surface area contributed by atoms with Crippen LogP contribution in [0.2, 0.25) is 0 Å². The number of hydrogen-bond donors (Lipinski definition) is 9. The molecule has 0 aromatic heterocycles. The topological polar surface area (TPSA) is 252 Å². The zero-order valence-electron chi connectivity index (χ0n) is 17.1. The molecule has 0 unspecified atom stereocenters. The summed E-state index contributed by atoms with van der Waals surface area (Å²) in [4.78, 5) is 61.2. The number of aliphatic hydroxyl groups excluding tert-OH is 4. The third kappa shape index (κ3) is 7.10. The molecule has 0 bridgehead atoms. The van der Waals surface area contributed by atoms with Crippen LogP contribution < -0.4 is 21.7 Å². The van der Waals surface area contributed by atoms with E-state index in [1.807, 2.05) is 5.32 Å². The van der Waals surface area contributed by atoms with E-state index >= 15 is 0 Å². The Hall–Kier alpha value is -2.85. The average Bonchev–Trinajstić information content (AvgIpc) is 3.27. The molecule has 4 amide bonds. The minimum absolute atomic E-state index is 0.211. The molecule has 32 heavy (non-hydrogen) atoms. The molecule has 1 heterocycles. The lowest BCUT2D eigenvalue weighted by Gasteiger charge is -2.28. The van der Waals surface area contributed by atoms with Crippen LogP contribution in [0.3, 0.4) is 0 Å². The Morgan fingerprint density at radius 3 is 1.81 bits per heavy atom. The van der Waals surface area contributed by atoms with Crippen molar-refractivity contribution in [3.05, 3.63) is 0 Å². The molecular weight excluding hydrogens is 434 g/mol. The Kier molecular flexibility index (Phi) is 10.9. The van der Waals surface area contributed by atoms with E-state index in [1.54, 1.807) is 0 Å². The van der Waals surface area contributed by atoms with Gasteiger partial charge in [0.25, 0.3) is 0 Å². The third-order valence-electron chi connectivity index (χ3n) is 4.78. The average molecular weight is 463 g/mol. The summed E-state index contributed by atoms with van der Waals surface area (Å²) in [6, 6.07) is -7.05. The molecule has 0 spiro atoms. The second-order valence-corrected chi connectivity index (χ2v) is 7.05. The summed E-state index contributed by atoms with van der Waals surface area (Å²) in [5.41, 5.74) is 5.50. The molecule has 15 heteroatoms. The fourth-order valence-corrected chi connectivity index (χ4v) is 2.98. The number of nitrogens with one attached hydrogen (secondary N) is 3. The number of amides is 4. The summed E-state index contributed by atoms with van der Waals surface area (Å²) >= 11 is 0. The highest BCUT2D eigenvalue weighted by molar-refractivity contribution is 5.95. The summed E-state index contributed by atoms with van der Waals surface area (Å²) in [6.07, 6.45) is 0.731. The van der Waals surface area contributed by atoms with Crippen LogP contribution in [0.5, 0.6) is 0 Å². The Balaban J connectivity index is 2.78. The number of carbonyl (C=O) groups is 5. The van der Waals surface area contributed by atoms with Crippen LogP contribution in [-0.2, 0) is 24.0 Å². The van der Waals surface area contributed by atoms with E-state index in [1.165, 1.54) is 0 Å². The lowest BCUT2D eigenvalue weighted by Crippen LogP contribution is -2.60. The minimum Gasteiger partial charge on any atom is -0.480 e. The highest BCUT2D eigenvalue weighted by atomic mass is 16.4. The van der Waals surface area contributed by atoms with Gasteiger partial charge in [0.2, 0.25) is 23.6 Å². The molecule has 1 fully saturated rings. The van der Waals surface area contributed by atoms with E-state index in [9.17, 15) is 34.2 Å². The fourth-order valence-electron chi connectivity index (χ4n) is 2.98. The van der Waals surface area contributed by atoms with E-state index in [0.29, 0.717) is 6.42 Å². The minimum atomic E-state index is -1.67. The molecule has 1 aliphatic heterocycles. The maximum Gasteiger partial charge on any atom is 0.328 e. The van der Waals surface area contributed by atoms with Crippen molar-refractivity contribution < 1.29 is 49.5 Å². The lowest BCUT2D eigenvalue weighted by molar-refractivity contribution is -0.143. The second-order valence-electron chi connectivity index (χ2n) is 7.05. The van der Waals surface area contributed by atoms with Gasteiger partial charge in [-0.2, -0.15) is 0 Å². The van der Waals surface area contributed by atoms with E-state index in [-0.39, 0.29) is 13.0 Å². The van der Waals surface area contributed by atoms with Crippen molar-refractivity contribution in [2.75, 3.05) is 33.0 Å². The van der Waals surface area contributed by atoms with Gasteiger partial charge in [0.15, 0.2) is 0 Å². The van der Waals surface area contributed by atoms with E-state index in [0.717, 1.165) is 4.90 Å². The van der Waals surface area contributed by atoms with Crippen LogP contribution >= 0.6 is 0 Å². The van der Waals surface area contributed by atoms with Crippen molar-refractivity contribution in [2.24, 2.45) is 5.73 Å². The van der Waals surface area contributed by atoms with E-state index in [2.05, 4.69) is 10.6 Å². The highest BCUT2D eigenvalue weighted by Gasteiger charge is 2.37. The van der Waals surface area contributed by atoms with Gasteiger partial charge in [0.05, 0.1) is 26.4 Å². The molecular formula is C17H29N5O10. The molecule has 0 saturated carbocycles. The molecule has 15 nitrogen and oxygen atoms in total. The van der Waals surface area contributed by atoms with Gasteiger partial charge in [-0.1, -0.05) is 0 Å². The molecule has 0 radical (unpaired) electrons. The lowest BCUT2D eigenvalue weighted by atomic mass is 10.1. The number of nitrogens with zero attached hydrogens (tertiary/aromatic N) is 1. The molecule has 0 aliphatic carbocycles. The zero-order chi connectivity index (χ0) is 24.4. The van der Waals surface area contributed by atoms with Crippen LogP contribution in [-0.4, -0.2) is 123 Å². The Morgan fingerprint density at radius 1 is 0.844 bits per heavy atom. The van der Waals surface area contributed by atoms with Gasteiger partial charge in [0, 0.05) is 6.54 Å². The Labute approximate surface area is 182 Å². The molecule has 5 atom stereocenters. The van der Waals surface area contributed by atoms with Crippen LogP contribution in [0.1, 0.15) is 12.8 Å². The van der Waals surface area contributed by atoms with Gasteiger partial charge in [-0.3, -0.25) is 19.2 Å². The van der Waals surface area contributed by atoms with E-state index < -0.39 is 86.2 Å². The quantitative estimate of drug-likeness (QED) is 0.132. The molecule has 0 aromatic carbocycles. The maximum atomic E-state index is 12.6. The van der Waals surface area contributed by atoms with E-state index in [4.69, 9.17) is 21.1 Å². The van der Waals surface area contributed by atoms with Crippen molar-refractivity contribution in [3.8, 4) is 0 Å². The van der Waals surface area contributed by atoms with Crippen LogP contribution in [0.4, 0.5) is 0 Å². The van der Waals surface area contributed by atoms with Gasteiger partial charge in [-0.15, -0.1) is 0 Å². The number of aliphatic carboxylic acids is 1. The smallest absolute Gasteiger partial charge is 0.328 e. The number of carboxylic acid groups (broad SMARTS) is 1. The normalized spacial score (nSPS) is 19.4. The van der Waals surface area contributed by atoms with Crippen LogP contribution in [0.15, 0.2) is 0 Å². The first-order valence-electron chi connectivity index (χ1n) is 9.74. The largest absolute Gasteiger partial charge is 0.480 e. The summed E-state index contributed by atoms with van der Waals surface area (Å²) in [5.74, 6) is -5.14. The zero-order valence-corrected chi connectivity index (χ0v) is 17.1. The van der Waals surface area contributed by atoms with Crippen molar-refractivity contribution in [2.45, 2.75) is 43.1 Å². The number of likely N-dealkylation sites (tertiary alicyclic amines) is 1. The SMILES string of the molecule is N[C@@H](CO)C(=O)N1CCC[C@H]1C(=O)N[C@@H](CO)C(=O)N[C@@H](CO)C(=O)N[C@@H](CO)C(=O)O.